The second-order valence-corrected chi connectivity index (χ2v) is 6.67. The molecule has 5 heteroatoms. The lowest BCUT2D eigenvalue weighted by Crippen LogP contribution is -2.44. The second kappa shape index (κ2) is 4.72. The molecule has 0 saturated carbocycles. The number of rotatable bonds is 1. The first-order valence-corrected chi connectivity index (χ1v) is 7.83. The molecule has 2 aromatic heterocycles. The molecular formula is C19H17F2N3. The van der Waals surface area contributed by atoms with E-state index in [4.69, 9.17) is 0 Å². The molecule has 0 atom stereocenters. The Hall–Kier alpha value is -2.56. The summed E-state index contributed by atoms with van der Waals surface area (Å²) in [4.78, 5) is 8.88. The SMILES string of the molecule is Cc1cccn2c(C3=NC(C)(C)C(F)(F)c4ccccc43)cnc12. The number of fused-ring (bicyclic) bond motifs is 2. The molecule has 1 aromatic carbocycles. The van der Waals surface area contributed by atoms with Crippen LogP contribution in [0.5, 0.6) is 0 Å². The maximum atomic E-state index is 14.8. The number of aliphatic imine (C=N–C) groups is 1. The number of aromatic nitrogens is 2. The number of aryl methyl sites for hydroxylation is 1. The van der Waals surface area contributed by atoms with Crippen LogP contribution in [-0.4, -0.2) is 20.6 Å². The Bertz CT molecular complexity index is 983. The summed E-state index contributed by atoms with van der Waals surface area (Å²) in [6.45, 7) is 4.91. The summed E-state index contributed by atoms with van der Waals surface area (Å²) in [6, 6.07) is 10.5. The Morgan fingerprint density at radius 3 is 2.58 bits per heavy atom. The topological polar surface area (TPSA) is 29.7 Å². The van der Waals surface area contributed by atoms with E-state index in [9.17, 15) is 8.78 Å². The van der Waals surface area contributed by atoms with E-state index in [1.807, 2.05) is 29.7 Å². The fraction of sp³-hybridized carbons (Fsp3) is 0.263. The maximum Gasteiger partial charge on any atom is 0.297 e. The molecule has 0 spiro atoms. The van der Waals surface area contributed by atoms with E-state index < -0.39 is 11.5 Å². The molecule has 0 radical (unpaired) electrons. The zero-order valence-corrected chi connectivity index (χ0v) is 13.7. The van der Waals surface area contributed by atoms with Gasteiger partial charge in [-0.15, -0.1) is 0 Å². The van der Waals surface area contributed by atoms with Crippen molar-refractivity contribution in [1.29, 1.82) is 0 Å². The van der Waals surface area contributed by atoms with Gasteiger partial charge in [-0.25, -0.2) is 4.98 Å². The van der Waals surface area contributed by atoms with Crippen LogP contribution in [0.25, 0.3) is 5.65 Å². The molecule has 24 heavy (non-hydrogen) atoms. The first-order chi connectivity index (χ1) is 11.3. The molecule has 0 aliphatic carbocycles. The van der Waals surface area contributed by atoms with Crippen LogP contribution in [0.3, 0.4) is 0 Å². The third-order valence-corrected chi connectivity index (χ3v) is 4.65. The number of alkyl halides is 2. The molecule has 3 aromatic rings. The smallest absolute Gasteiger partial charge is 0.297 e. The second-order valence-electron chi connectivity index (χ2n) is 6.67. The van der Waals surface area contributed by atoms with Crippen LogP contribution >= 0.6 is 0 Å². The Balaban J connectivity index is 2.04. The molecule has 1 aliphatic rings. The largest absolute Gasteiger partial charge is 0.298 e. The van der Waals surface area contributed by atoms with E-state index in [-0.39, 0.29) is 5.56 Å². The molecule has 3 heterocycles. The van der Waals surface area contributed by atoms with E-state index >= 15 is 0 Å². The van der Waals surface area contributed by atoms with Gasteiger partial charge in [-0.2, -0.15) is 8.78 Å². The Kier molecular flexibility index (Phi) is 2.95. The maximum absolute atomic E-state index is 14.8. The average Bonchev–Trinajstić information content (AvgIpc) is 2.97. The van der Waals surface area contributed by atoms with Crippen LogP contribution in [-0.2, 0) is 5.92 Å². The number of benzene rings is 1. The van der Waals surface area contributed by atoms with Crippen molar-refractivity contribution >= 4 is 11.4 Å². The lowest BCUT2D eigenvalue weighted by Gasteiger charge is -2.37. The van der Waals surface area contributed by atoms with Crippen LogP contribution < -0.4 is 0 Å². The highest BCUT2D eigenvalue weighted by Crippen LogP contribution is 2.46. The number of imidazole rings is 1. The van der Waals surface area contributed by atoms with Crippen molar-refractivity contribution in [3.05, 3.63) is 71.2 Å². The molecule has 0 saturated heterocycles. The molecule has 0 bridgehead atoms. The highest BCUT2D eigenvalue weighted by Gasteiger charge is 2.52. The highest BCUT2D eigenvalue weighted by molar-refractivity contribution is 6.14. The standard InChI is InChI=1S/C19H17F2N3/c1-12-7-6-10-24-15(11-22-17(12)24)16-13-8-4-5-9-14(13)19(20,21)18(2,3)23-16/h4-11H,1-3H3. The van der Waals surface area contributed by atoms with Crippen molar-refractivity contribution in [2.75, 3.05) is 0 Å². The van der Waals surface area contributed by atoms with E-state index in [1.54, 1.807) is 24.4 Å². The fourth-order valence-electron chi connectivity index (χ4n) is 3.22. The third kappa shape index (κ3) is 1.87. The van der Waals surface area contributed by atoms with E-state index in [1.165, 1.54) is 19.9 Å². The van der Waals surface area contributed by atoms with E-state index in [0.717, 1.165) is 16.9 Å². The first-order valence-electron chi connectivity index (χ1n) is 7.83. The number of hydrogen-bond acceptors (Lipinski definition) is 2. The van der Waals surface area contributed by atoms with Crippen molar-refractivity contribution in [2.45, 2.75) is 32.2 Å². The van der Waals surface area contributed by atoms with Crippen LogP contribution in [0.4, 0.5) is 8.78 Å². The third-order valence-electron chi connectivity index (χ3n) is 4.65. The molecule has 3 nitrogen and oxygen atoms in total. The normalized spacial score (nSPS) is 18.3. The molecule has 122 valence electrons. The van der Waals surface area contributed by atoms with Gasteiger partial charge in [0.2, 0.25) is 0 Å². The molecule has 1 aliphatic heterocycles. The van der Waals surface area contributed by atoms with Crippen molar-refractivity contribution in [3.63, 3.8) is 0 Å². The van der Waals surface area contributed by atoms with Gasteiger partial charge >= 0.3 is 0 Å². The van der Waals surface area contributed by atoms with Crippen LogP contribution in [0, 0.1) is 6.92 Å². The van der Waals surface area contributed by atoms with Crippen LogP contribution in [0.1, 0.15) is 36.2 Å². The number of nitrogens with zero attached hydrogens (tertiary/aromatic N) is 3. The van der Waals surface area contributed by atoms with Gasteiger partial charge in [0.1, 0.15) is 11.2 Å². The van der Waals surface area contributed by atoms with Gasteiger partial charge in [0.25, 0.3) is 5.92 Å². The summed E-state index contributed by atoms with van der Waals surface area (Å²) in [6.07, 6.45) is 3.59. The first kappa shape index (κ1) is 15.0. The van der Waals surface area contributed by atoms with Gasteiger partial charge in [0.05, 0.1) is 17.6 Å². The Morgan fingerprint density at radius 2 is 1.79 bits per heavy atom. The van der Waals surface area contributed by atoms with Crippen molar-refractivity contribution in [2.24, 2.45) is 4.99 Å². The fourth-order valence-corrected chi connectivity index (χ4v) is 3.22. The molecule has 0 unspecified atom stereocenters. The summed E-state index contributed by atoms with van der Waals surface area (Å²) >= 11 is 0. The zero-order valence-electron chi connectivity index (χ0n) is 13.7. The summed E-state index contributed by atoms with van der Waals surface area (Å²) in [5.41, 5.74) is 2.07. The van der Waals surface area contributed by atoms with Crippen molar-refractivity contribution in [3.8, 4) is 0 Å². The summed E-state index contributed by atoms with van der Waals surface area (Å²) in [7, 11) is 0. The van der Waals surface area contributed by atoms with Crippen LogP contribution in [0.15, 0.2) is 53.8 Å². The summed E-state index contributed by atoms with van der Waals surface area (Å²) in [5, 5.41) is 0. The predicted octanol–water partition coefficient (Wildman–Crippen LogP) is 4.36. The number of pyridine rings is 1. The summed E-state index contributed by atoms with van der Waals surface area (Å²) < 4.78 is 31.6. The van der Waals surface area contributed by atoms with Gasteiger partial charge in [-0.3, -0.25) is 9.39 Å². The predicted molar refractivity (Wildman–Crippen MR) is 90.0 cm³/mol. The molecule has 0 N–H and O–H groups in total. The summed E-state index contributed by atoms with van der Waals surface area (Å²) in [5.74, 6) is -3.02. The molecule has 0 amide bonds. The van der Waals surface area contributed by atoms with Gasteiger partial charge in [-0.05, 0) is 32.4 Å². The average molecular weight is 325 g/mol. The van der Waals surface area contributed by atoms with Gasteiger partial charge in [0.15, 0.2) is 0 Å². The molecule has 4 rings (SSSR count). The van der Waals surface area contributed by atoms with Crippen molar-refractivity contribution in [1.82, 2.24) is 9.38 Å². The number of hydrogen-bond donors (Lipinski definition) is 0. The minimum atomic E-state index is -3.02. The van der Waals surface area contributed by atoms with Gasteiger partial charge in [-0.1, -0.05) is 30.3 Å². The van der Waals surface area contributed by atoms with Gasteiger partial charge < -0.3 is 0 Å². The molecule has 0 fully saturated rings. The van der Waals surface area contributed by atoms with E-state index in [0.29, 0.717) is 11.3 Å². The number of halogens is 2. The lowest BCUT2D eigenvalue weighted by atomic mass is 9.82. The minimum absolute atomic E-state index is 0.0163. The van der Waals surface area contributed by atoms with Crippen molar-refractivity contribution < 1.29 is 8.78 Å². The zero-order chi connectivity index (χ0) is 17.1. The van der Waals surface area contributed by atoms with E-state index in [2.05, 4.69) is 9.98 Å². The molecular weight excluding hydrogens is 308 g/mol. The quantitative estimate of drug-likeness (QED) is 0.653. The minimum Gasteiger partial charge on any atom is -0.298 e. The Labute approximate surface area is 138 Å². The highest BCUT2D eigenvalue weighted by atomic mass is 19.3. The lowest BCUT2D eigenvalue weighted by molar-refractivity contribution is -0.0682. The monoisotopic (exact) mass is 325 g/mol. The van der Waals surface area contributed by atoms with Gasteiger partial charge in [0, 0.05) is 17.3 Å². The Morgan fingerprint density at radius 1 is 1.04 bits per heavy atom. The van der Waals surface area contributed by atoms with Crippen LogP contribution in [0.2, 0.25) is 0 Å².